The van der Waals surface area contributed by atoms with Gasteiger partial charge in [0.2, 0.25) is 10.0 Å². The van der Waals surface area contributed by atoms with Gasteiger partial charge in [-0.2, -0.15) is 9.98 Å². The van der Waals surface area contributed by atoms with E-state index in [1.807, 2.05) is 6.07 Å². The molecule has 1 aromatic heterocycles. The minimum Gasteiger partial charge on any atom is -0.207 e. The maximum atomic E-state index is 12.1. The van der Waals surface area contributed by atoms with Gasteiger partial charge in [-0.25, -0.2) is 8.42 Å². The van der Waals surface area contributed by atoms with Crippen molar-refractivity contribution in [2.24, 2.45) is 5.92 Å². The number of hydrogen-bond donors (Lipinski definition) is 1. The molecule has 0 aromatic carbocycles. The Morgan fingerprint density at radius 3 is 2.47 bits per heavy atom. The molecule has 0 fully saturated rings. The lowest BCUT2D eigenvalue weighted by Crippen LogP contribution is -2.37. The average molecular weight is 337 g/mol. The number of thiophene rings is 1. The molecule has 0 saturated carbocycles. The molecule has 1 N–H and O–H groups in total. The lowest BCUT2D eigenvalue weighted by atomic mass is 10.1. The van der Waals surface area contributed by atoms with Crippen molar-refractivity contribution >= 4 is 37.3 Å². The topological polar surface area (TPSA) is 70.0 Å². The number of halogens is 1. The van der Waals surface area contributed by atoms with Crippen molar-refractivity contribution in [1.29, 1.82) is 5.26 Å². The number of nitrogens with zero attached hydrogens (tertiary/aromatic N) is 1. The highest BCUT2D eigenvalue weighted by Crippen LogP contribution is 2.29. The summed E-state index contributed by atoms with van der Waals surface area (Å²) < 4.78 is 27.3. The van der Waals surface area contributed by atoms with Crippen molar-refractivity contribution in [2.45, 2.75) is 31.7 Å². The average Bonchev–Trinajstić information content (AvgIpc) is 2.54. The van der Waals surface area contributed by atoms with E-state index in [1.165, 1.54) is 11.3 Å². The van der Waals surface area contributed by atoms with E-state index in [2.05, 4.69) is 20.7 Å². The van der Waals surface area contributed by atoms with Gasteiger partial charge in [0.25, 0.3) is 0 Å². The summed E-state index contributed by atoms with van der Waals surface area (Å²) in [6, 6.07) is 2.80. The van der Waals surface area contributed by atoms with Crippen LogP contribution in [0.2, 0.25) is 0 Å². The van der Waals surface area contributed by atoms with E-state index in [1.54, 1.807) is 26.8 Å². The summed E-state index contributed by atoms with van der Waals surface area (Å²) in [5.41, 5.74) is 0. The molecule has 0 aliphatic heterocycles. The second-order valence-electron chi connectivity index (χ2n) is 3.94. The third-order valence-corrected chi connectivity index (χ3v) is 5.47. The highest BCUT2D eigenvalue weighted by molar-refractivity contribution is 9.11. The first kappa shape index (κ1) is 14.6. The minimum absolute atomic E-state index is 0.0721. The van der Waals surface area contributed by atoms with Crippen molar-refractivity contribution < 1.29 is 8.42 Å². The molecule has 0 spiro atoms. The summed E-state index contributed by atoms with van der Waals surface area (Å²) in [4.78, 5) is 0.931. The molecular weight excluding hydrogens is 324 g/mol. The predicted octanol–water partition coefficient (Wildman–Crippen LogP) is 2.65. The standard InChI is InChI=1S/C10H13BrN2O2S2/c1-6(2)8(5-12)13-17(14,15)9-4-10(11)16-7(9)3/h4,6,8,13H,1-3H3. The number of aryl methyl sites for hydroxylation is 1. The van der Waals surface area contributed by atoms with Crippen molar-refractivity contribution in [1.82, 2.24) is 4.72 Å². The van der Waals surface area contributed by atoms with E-state index < -0.39 is 16.1 Å². The first-order chi connectivity index (χ1) is 7.77. The molecule has 1 rings (SSSR count). The Morgan fingerprint density at radius 2 is 2.12 bits per heavy atom. The van der Waals surface area contributed by atoms with Crippen LogP contribution in [-0.4, -0.2) is 14.5 Å². The maximum absolute atomic E-state index is 12.1. The Hall–Kier alpha value is -0.420. The summed E-state index contributed by atoms with van der Waals surface area (Å²) >= 11 is 4.60. The van der Waals surface area contributed by atoms with E-state index in [0.29, 0.717) is 4.88 Å². The van der Waals surface area contributed by atoms with Crippen molar-refractivity contribution in [3.05, 3.63) is 14.7 Å². The number of sulfonamides is 1. The van der Waals surface area contributed by atoms with Crippen molar-refractivity contribution in [3.63, 3.8) is 0 Å². The van der Waals surface area contributed by atoms with Crippen LogP contribution in [0.3, 0.4) is 0 Å². The molecule has 1 heterocycles. The Balaban J connectivity index is 3.05. The van der Waals surface area contributed by atoms with Gasteiger partial charge in [0.1, 0.15) is 6.04 Å². The van der Waals surface area contributed by atoms with E-state index in [9.17, 15) is 8.42 Å². The van der Waals surface area contributed by atoms with Gasteiger partial charge in [0.15, 0.2) is 0 Å². The van der Waals surface area contributed by atoms with E-state index >= 15 is 0 Å². The Kier molecular flexibility index (Phi) is 4.72. The fraction of sp³-hybridized carbons (Fsp3) is 0.500. The molecule has 0 saturated heterocycles. The van der Waals surface area contributed by atoms with Crippen LogP contribution in [0.15, 0.2) is 14.7 Å². The molecule has 0 aliphatic rings. The molecule has 0 bridgehead atoms. The zero-order valence-electron chi connectivity index (χ0n) is 9.69. The van der Waals surface area contributed by atoms with Crippen molar-refractivity contribution in [3.8, 4) is 6.07 Å². The van der Waals surface area contributed by atoms with Crippen LogP contribution in [-0.2, 0) is 10.0 Å². The van der Waals surface area contributed by atoms with E-state index in [0.717, 1.165) is 3.79 Å². The van der Waals surface area contributed by atoms with Crippen LogP contribution >= 0.6 is 27.3 Å². The molecule has 0 radical (unpaired) electrons. The number of nitrogens with one attached hydrogen (secondary N) is 1. The lowest BCUT2D eigenvalue weighted by molar-refractivity contribution is 0.515. The van der Waals surface area contributed by atoms with Gasteiger partial charge in [0.05, 0.1) is 14.8 Å². The molecule has 94 valence electrons. The summed E-state index contributed by atoms with van der Waals surface area (Å²) in [6.07, 6.45) is 0. The molecule has 0 aliphatic carbocycles. The quantitative estimate of drug-likeness (QED) is 0.918. The zero-order valence-corrected chi connectivity index (χ0v) is 12.9. The van der Waals surface area contributed by atoms with Gasteiger partial charge in [-0.15, -0.1) is 11.3 Å². The van der Waals surface area contributed by atoms with Crippen LogP contribution in [0, 0.1) is 24.2 Å². The Morgan fingerprint density at radius 1 is 1.53 bits per heavy atom. The van der Waals surface area contributed by atoms with Gasteiger partial charge >= 0.3 is 0 Å². The van der Waals surface area contributed by atoms with Gasteiger partial charge in [-0.05, 0) is 34.8 Å². The smallest absolute Gasteiger partial charge is 0.207 e. The van der Waals surface area contributed by atoms with Crippen LogP contribution in [0.1, 0.15) is 18.7 Å². The van der Waals surface area contributed by atoms with Gasteiger partial charge < -0.3 is 0 Å². The third-order valence-electron chi connectivity index (χ3n) is 2.22. The van der Waals surface area contributed by atoms with Crippen molar-refractivity contribution in [2.75, 3.05) is 0 Å². The molecule has 1 atom stereocenters. The SMILES string of the molecule is Cc1sc(Br)cc1S(=O)(=O)NC(C#N)C(C)C. The summed E-state index contributed by atoms with van der Waals surface area (Å²) in [6.45, 7) is 5.33. The predicted molar refractivity (Wildman–Crippen MR) is 71.3 cm³/mol. The summed E-state index contributed by atoms with van der Waals surface area (Å²) in [5, 5.41) is 8.90. The highest BCUT2D eigenvalue weighted by Gasteiger charge is 2.24. The lowest BCUT2D eigenvalue weighted by Gasteiger charge is -2.14. The molecule has 0 amide bonds. The normalized spacial score (nSPS) is 13.6. The zero-order chi connectivity index (χ0) is 13.2. The molecule has 17 heavy (non-hydrogen) atoms. The van der Waals surface area contributed by atoms with Gasteiger partial charge in [-0.3, -0.25) is 0 Å². The second kappa shape index (κ2) is 5.48. The minimum atomic E-state index is -3.62. The molecule has 4 nitrogen and oxygen atoms in total. The fourth-order valence-corrected chi connectivity index (χ4v) is 4.94. The summed E-state index contributed by atoms with van der Waals surface area (Å²) in [5.74, 6) is -0.0721. The molecule has 7 heteroatoms. The highest BCUT2D eigenvalue weighted by atomic mass is 79.9. The largest absolute Gasteiger partial charge is 0.242 e. The first-order valence-corrected chi connectivity index (χ1v) is 8.05. The van der Waals surface area contributed by atoms with Crippen LogP contribution in [0.25, 0.3) is 0 Å². The summed E-state index contributed by atoms with van der Waals surface area (Å²) in [7, 11) is -3.62. The maximum Gasteiger partial charge on any atom is 0.242 e. The first-order valence-electron chi connectivity index (χ1n) is 4.96. The molecule has 1 unspecified atom stereocenters. The van der Waals surface area contributed by atoms with E-state index in [-0.39, 0.29) is 10.8 Å². The van der Waals surface area contributed by atoms with E-state index in [4.69, 9.17) is 5.26 Å². The van der Waals surface area contributed by atoms with Gasteiger partial charge in [0, 0.05) is 4.88 Å². The van der Waals surface area contributed by atoms with Gasteiger partial charge in [-0.1, -0.05) is 13.8 Å². The number of nitriles is 1. The Bertz CT molecular complexity index is 543. The third kappa shape index (κ3) is 3.52. The van der Waals surface area contributed by atoms with Crippen LogP contribution in [0.4, 0.5) is 0 Å². The fourth-order valence-electron chi connectivity index (χ4n) is 1.24. The van der Waals surface area contributed by atoms with Crippen LogP contribution < -0.4 is 4.72 Å². The molecule has 1 aromatic rings. The van der Waals surface area contributed by atoms with Crippen LogP contribution in [0.5, 0.6) is 0 Å². The number of rotatable bonds is 4. The second-order valence-corrected chi connectivity index (χ2v) is 8.26. The molecular formula is C10H13BrN2O2S2. The Labute approximate surface area is 114 Å². The monoisotopic (exact) mass is 336 g/mol. The number of hydrogen-bond acceptors (Lipinski definition) is 4.